The molecule has 7 heteroatoms. The molecule has 160 valence electrons. The van der Waals surface area contributed by atoms with Gasteiger partial charge >= 0.3 is 6.03 Å². The van der Waals surface area contributed by atoms with Crippen molar-refractivity contribution in [1.82, 2.24) is 15.5 Å². The summed E-state index contributed by atoms with van der Waals surface area (Å²) < 4.78 is 0. The van der Waals surface area contributed by atoms with Gasteiger partial charge in [0.05, 0.1) is 0 Å². The predicted octanol–water partition coefficient (Wildman–Crippen LogP) is 3.52. The van der Waals surface area contributed by atoms with Gasteiger partial charge in [-0.15, -0.1) is 0 Å². The molecule has 1 aromatic carbocycles. The number of rotatable bonds is 7. The lowest BCUT2D eigenvalue weighted by Crippen LogP contribution is -2.60. The van der Waals surface area contributed by atoms with Gasteiger partial charge in [0.15, 0.2) is 0 Å². The highest BCUT2D eigenvalue weighted by atomic mass is 16.2. The second-order valence-corrected chi connectivity index (χ2v) is 7.91. The van der Waals surface area contributed by atoms with E-state index in [1.54, 1.807) is 29.2 Å². The average molecular weight is 403 g/mol. The largest absolute Gasteiger partial charge is 0.341 e. The van der Waals surface area contributed by atoms with Crippen LogP contribution in [0, 0.1) is 0 Å². The number of nitrogens with zero attached hydrogens (tertiary/aromatic N) is 1. The molecular formula is C22H34N4O3. The Balaban J connectivity index is 2.18. The van der Waals surface area contributed by atoms with Crippen LogP contribution in [0.2, 0.25) is 0 Å². The average Bonchev–Trinajstić information content (AvgIpc) is 2.69. The van der Waals surface area contributed by atoms with Crippen LogP contribution in [0.5, 0.6) is 0 Å². The summed E-state index contributed by atoms with van der Waals surface area (Å²) in [7, 11) is 0. The van der Waals surface area contributed by atoms with Crippen molar-refractivity contribution in [2.24, 2.45) is 0 Å². The highest BCUT2D eigenvalue weighted by molar-refractivity contribution is 6.00. The van der Waals surface area contributed by atoms with Crippen LogP contribution in [0.25, 0.3) is 0 Å². The van der Waals surface area contributed by atoms with Crippen LogP contribution in [0.1, 0.15) is 70.2 Å². The molecule has 29 heavy (non-hydrogen) atoms. The minimum absolute atomic E-state index is 0.00106. The molecule has 0 saturated heterocycles. The molecule has 0 aromatic heterocycles. The van der Waals surface area contributed by atoms with Gasteiger partial charge in [-0.05, 0) is 58.7 Å². The van der Waals surface area contributed by atoms with Crippen LogP contribution >= 0.6 is 0 Å². The third-order valence-corrected chi connectivity index (χ3v) is 5.32. The Morgan fingerprint density at radius 3 is 2.31 bits per heavy atom. The fraction of sp³-hybridized carbons (Fsp3) is 0.591. The Morgan fingerprint density at radius 1 is 1.07 bits per heavy atom. The van der Waals surface area contributed by atoms with Gasteiger partial charge in [0.2, 0.25) is 5.91 Å². The molecule has 0 bridgehead atoms. The summed E-state index contributed by atoms with van der Waals surface area (Å²) in [6, 6.07) is 6.47. The van der Waals surface area contributed by atoms with Crippen LogP contribution < -0.4 is 16.0 Å². The number of likely N-dealkylation sites (N-methyl/N-ethyl adjacent to an activating group) is 1. The Labute approximate surface area is 173 Å². The molecule has 2 rings (SSSR count). The molecule has 0 aliphatic heterocycles. The zero-order chi connectivity index (χ0) is 21.4. The molecular weight excluding hydrogens is 368 g/mol. The second-order valence-electron chi connectivity index (χ2n) is 7.91. The molecule has 0 atom stereocenters. The molecule has 0 heterocycles. The maximum Gasteiger partial charge on any atom is 0.319 e. The lowest BCUT2D eigenvalue weighted by atomic mass is 9.80. The van der Waals surface area contributed by atoms with E-state index in [9.17, 15) is 14.4 Å². The number of anilines is 1. The molecule has 3 N–H and O–H groups in total. The first-order valence-corrected chi connectivity index (χ1v) is 10.6. The van der Waals surface area contributed by atoms with Gasteiger partial charge in [-0.25, -0.2) is 4.79 Å². The molecule has 0 radical (unpaired) electrons. The molecule has 1 saturated carbocycles. The fourth-order valence-corrected chi connectivity index (χ4v) is 3.82. The molecule has 7 nitrogen and oxygen atoms in total. The van der Waals surface area contributed by atoms with E-state index in [2.05, 4.69) is 16.0 Å². The van der Waals surface area contributed by atoms with E-state index in [0.717, 1.165) is 19.3 Å². The quantitative estimate of drug-likeness (QED) is 0.652. The van der Waals surface area contributed by atoms with E-state index in [1.807, 2.05) is 27.7 Å². The first-order chi connectivity index (χ1) is 13.8. The monoisotopic (exact) mass is 402 g/mol. The van der Waals surface area contributed by atoms with Crippen LogP contribution in [-0.4, -0.2) is 47.4 Å². The number of nitrogens with one attached hydrogen (secondary N) is 3. The van der Waals surface area contributed by atoms with Crippen molar-refractivity contribution in [2.45, 2.75) is 71.4 Å². The molecule has 0 unspecified atom stereocenters. The van der Waals surface area contributed by atoms with Crippen LogP contribution in [0.3, 0.4) is 0 Å². The van der Waals surface area contributed by atoms with Crippen molar-refractivity contribution < 1.29 is 14.4 Å². The van der Waals surface area contributed by atoms with Crippen LogP contribution in [0.4, 0.5) is 10.5 Å². The number of hydrogen-bond acceptors (Lipinski definition) is 3. The van der Waals surface area contributed by atoms with Crippen molar-refractivity contribution >= 4 is 23.5 Å². The number of amides is 4. The van der Waals surface area contributed by atoms with Gasteiger partial charge in [0, 0.05) is 30.4 Å². The van der Waals surface area contributed by atoms with Crippen LogP contribution in [-0.2, 0) is 4.79 Å². The molecule has 0 spiro atoms. The van der Waals surface area contributed by atoms with E-state index >= 15 is 0 Å². The number of carbonyl (C=O) groups excluding carboxylic acids is 3. The summed E-state index contributed by atoms with van der Waals surface area (Å²) in [5, 5.41) is 8.54. The summed E-state index contributed by atoms with van der Waals surface area (Å²) in [6.07, 6.45) is 4.23. The summed E-state index contributed by atoms with van der Waals surface area (Å²) in [5.74, 6) is -0.290. The first-order valence-electron chi connectivity index (χ1n) is 10.6. The molecule has 1 fully saturated rings. The minimum atomic E-state index is -0.847. The summed E-state index contributed by atoms with van der Waals surface area (Å²) in [4.78, 5) is 40.0. The summed E-state index contributed by atoms with van der Waals surface area (Å²) >= 11 is 0. The molecule has 1 aliphatic rings. The fourth-order valence-electron chi connectivity index (χ4n) is 3.82. The van der Waals surface area contributed by atoms with Crippen molar-refractivity contribution in [2.75, 3.05) is 18.4 Å². The zero-order valence-electron chi connectivity index (χ0n) is 18.0. The van der Waals surface area contributed by atoms with Gasteiger partial charge < -0.3 is 20.9 Å². The summed E-state index contributed by atoms with van der Waals surface area (Å²) in [6.45, 7) is 8.91. The number of hydrogen-bond donors (Lipinski definition) is 3. The van der Waals surface area contributed by atoms with E-state index in [1.165, 1.54) is 0 Å². The Kier molecular flexibility index (Phi) is 8.05. The van der Waals surface area contributed by atoms with E-state index in [-0.39, 0.29) is 23.9 Å². The Hall–Kier alpha value is -2.57. The Morgan fingerprint density at radius 2 is 1.72 bits per heavy atom. The van der Waals surface area contributed by atoms with Crippen molar-refractivity contribution in [1.29, 1.82) is 0 Å². The Bertz CT molecular complexity index is 723. The van der Waals surface area contributed by atoms with Crippen molar-refractivity contribution in [3.8, 4) is 0 Å². The van der Waals surface area contributed by atoms with Gasteiger partial charge in [0.25, 0.3) is 5.91 Å². The van der Waals surface area contributed by atoms with Crippen molar-refractivity contribution in [3.05, 3.63) is 29.8 Å². The highest BCUT2D eigenvalue weighted by Gasteiger charge is 2.42. The smallest absolute Gasteiger partial charge is 0.319 e. The van der Waals surface area contributed by atoms with Gasteiger partial charge in [0.1, 0.15) is 5.54 Å². The number of benzene rings is 1. The standard InChI is InChI=1S/C22H34N4O3/c1-5-26(6-2)20(28)22(13-8-7-9-14-22)25-19(27)17-11-10-12-18(15-17)24-21(29)23-16(3)4/h10-12,15-16H,5-9,13-14H2,1-4H3,(H,25,27)(H2,23,24,29). The van der Waals surface area contributed by atoms with E-state index in [4.69, 9.17) is 0 Å². The summed E-state index contributed by atoms with van der Waals surface area (Å²) in [5.41, 5.74) is 0.105. The second kappa shape index (κ2) is 10.3. The van der Waals surface area contributed by atoms with Gasteiger partial charge in [-0.1, -0.05) is 25.3 Å². The first kappa shape index (κ1) is 22.7. The minimum Gasteiger partial charge on any atom is -0.341 e. The SMILES string of the molecule is CCN(CC)C(=O)C1(NC(=O)c2cccc(NC(=O)NC(C)C)c2)CCCCC1. The normalized spacial score (nSPS) is 15.5. The van der Waals surface area contributed by atoms with Crippen molar-refractivity contribution in [3.63, 3.8) is 0 Å². The number of carbonyl (C=O) groups is 3. The molecule has 1 aliphatic carbocycles. The number of urea groups is 1. The molecule has 1 aromatic rings. The predicted molar refractivity (Wildman–Crippen MR) is 115 cm³/mol. The topological polar surface area (TPSA) is 90.5 Å². The maximum absolute atomic E-state index is 13.2. The maximum atomic E-state index is 13.2. The highest BCUT2D eigenvalue weighted by Crippen LogP contribution is 2.30. The van der Waals surface area contributed by atoms with Gasteiger partial charge in [-0.3, -0.25) is 9.59 Å². The third-order valence-electron chi connectivity index (χ3n) is 5.32. The lowest BCUT2D eigenvalue weighted by Gasteiger charge is -2.40. The lowest BCUT2D eigenvalue weighted by molar-refractivity contribution is -0.139. The molecule has 4 amide bonds. The zero-order valence-corrected chi connectivity index (χ0v) is 18.0. The third kappa shape index (κ3) is 5.95. The van der Waals surface area contributed by atoms with Crippen LogP contribution in [0.15, 0.2) is 24.3 Å². The van der Waals surface area contributed by atoms with E-state index < -0.39 is 5.54 Å². The van der Waals surface area contributed by atoms with E-state index in [0.29, 0.717) is 37.2 Å². The van der Waals surface area contributed by atoms with Gasteiger partial charge in [-0.2, -0.15) is 0 Å².